The molecular weight excluding hydrogens is 198 g/mol. The first-order valence-electron chi connectivity index (χ1n) is 5.78. The minimum atomic E-state index is 0.258. The van der Waals surface area contributed by atoms with E-state index in [0.29, 0.717) is 6.42 Å². The maximum Gasteiger partial charge on any atom is 0.130 e. The molecule has 0 saturated carbocycles. The number of carbonyl (C=O) groups is 1. The standard InChI is InChI=1S/C14H17NO/c1-3-15-10-12(9-8-11(2)16)13-6-4-5-7-14(13)15/h4-7,10H,3,8-9H2,1-2H3. The molecule has 0 N–H and O–H groups in total. The second-order valence-corrected chi connectivity index (χ2v) is 4.16. The smallest absolute Gasteiger partial charge is 0.130 e. The van der Waals surface area contributed by atoms with Crippen LogP contribution in [0.4, 0.5) is 0 Å². The molecule has 1 aromatic heterocycles. The Hall–Kier alpha value is -1.57. The van der Waals surface area contributed by atoms with E-state index >= 15 is 0 Å². The average molecular weight is 215 g/mol. The van der Waals surface area contributed by atoms with Crippen molar-refractivity contribution in [1.82, 2.24) is 4.57 Å². The Morgan fingerprint density at radius 1 is 1.31 bits per heavy atom. The van der Waals surface area contributed by atoms with Crippen molar-refractivity contribution in [2.45, 2.75) is 33.2 Å². The number of para-hydroxylation sites is 1. The van der Waals surface area contributed by atoms with Gasteiger partial charge in [-0.3, -0.25) is 0 Å². The fraction of sp³-hybridized carbons (Fsp3) is 0.357. The number of fused-ring (bicyclic) bond motifs is 1. The van der Waals surface area contributed by atoms with Crippen LogP contribution in [0.2, 0.25) is 0 Å². The minimum absolute atomic E-state index is 0.258. The number of Topliss-reactive ketones (excluding diaryl/α,β-unsaturated/α-hetero) is 1. The number of rotatable bonds is 4. The summed E-state index contributed by atoms with van der Waals surface area (Å²) in [5.74, 6) is 0.258. The van der Waals surface area contributed by atoms with Gasteiger partial charge in [0, 0.05) is 30.1 Å². The second-order valence-electron chi connectivity index (χ2n) is 4.16. The largest absolute Gasteiger partial charge is 0.347 e. The first kappa shape index (κ1) is 10.9. The Morgan fingerprint density at radius 2 is 2.06 bits per heavy atom. The number of hydrogen-bond donors (Lipinski definition) is 0. The van der Waals surface area contributed by atoms with E-state index in [1.807, 2.05) is 0 Å². The number of benzene rings is 1. The molecule has 0 spiro atoms. The average Bonchev–Trinajstić information content (AvgIpc) is 2.65. The van der Waals surface area contributed by atoms with E-state index in [9.17, 15) is 4.79 Å². The highest BCUT2D eigenvalue weighted by molar-refractivity contribution is 5.85. The lowest BCUT2D eigenvalue weighted by atomic mass is 10.1. The normalized spacial score (nSPS) is 10.9. The fourth-order valence-electron chi connectivity index (χ4n) is 2.09. The zero-order valence-electron chi connectivity index (χ0n) is 9.86. The monoisotopic (exact) mass is 215 g/mol. The van der Waals surface area contributed by atoms with E-state index < -0.39 is 0 Å². The molecule has 0 amide bonds. The topological polar surface area (TPSA) is 22.0 Å². The molecule has 0 aliphatic carbocycles. The van der Waals surface area contributed by atoms with Crippen LogP contribution in [0.5, 0.6) is 0 Å². The zero-order chi connectivity index (χ0) is 11.5. The highest BCUT2D eigenvalue weighted by atomic mass is 16.1. The number of hydrogen-bond acceptors (Lipinski definition) is 1. The lowest BCUT2D eigenvalue weighted by molar-refractivity contribution is -0.116. The maximum absolute atomic E-state index is 11.0. The molecule has 2 nitrogen and oxygen atoms in total. The van der Waals surface area contributed by atoms with Gasteiger partial charge in [0.1, 0.15) is 5.78 Å². The third kappa shape index (κ3) is 2.01. The van der Waals surface area contributed by atoms with E-state index in [2.05, 4.69) is 42.0 Å². The summed E-state index contributed by atoms with van der Waals surface area (Å²) in [5.41, 5.74) is 2.55. The van der Waals surface area contributed by atoms with Crippen LogP contribution in [0.15, 0.2) is 30.5 Å². The van der Waals surface area contributed by atoms with Gasteiger partial charge >= 0.3 is 0 Å². The Balaban J connectivity index is 2.41. The van der Waals surface area contributed by atoms with Gasteiger partial charge in [-0.05, 0) is 31.9 Å². The van der Waals surface area contributed by atoms with E-state index in [1.54, 1.807) is 6.92 Å². The first-order valence-corrected chi connectivity index (χ1v) is 5.78. The number of carbonyl (C=O) groups excluding carboxylic acids is 1. The summed E-state index contributed by atoms with van der Waals surface area (Å²) < 4.78 is 2.24. The molecule has 2 rings (SSSR count). The van der Waals surface area contributed by atoms with Crippen LogP contribution >= 0.6 is 0 Å². The molecule has 1 aromatic carbocycles. The first-order chi connectivity index (χ1) is 7.72. The zero-order valence-corrected chi connectivity index (χ0v) is 9.86. The second kappa shape index (κ2) is 4.52. The fourth-order valence-corrected chi connectivity index (χ4v) is 2.09. The van der Waals surface area contributed by atoms with E-state index in [4.69, 9.17) is 0 Å². The van der Waals surface area contributed by atoms with Gasteiger partial charge in [0.2, 0.25) is 0 Å². The molecule has 2 aromatic rings. The van der Waals surface area contributed by atoms with Crippen molar-refractivity contribution in [1.29, 1.82) is 0 Å². The van der Waals surface area contributed by atoms with Crippen LogP contribution in [0.3, 0.4) is 0 Å². The Bertz CT molecular complexity index is 510. The molecule has 0 atom stereocenters. The summed E-state index contributed by atoms with van der Waals surface area (Å²) in [5, 5.41) is 1.28. The van der Waals surface area contributed by atoms with Crippen LogP contribution in [-0.2, 0) is 17.8 Å². The summed E-state index contributed by atoms with van der Waals surface area (Å²) in [7, 11) is 0. The molecule has 0 aliphatic heterocycles. The van der Waals surface area contributed by atoms with Gasteiger partial charge in [-0.15, -0.1) is 0 Å². The van der Waals surface area contributed by atoms with Crippen LogP contribution in [-0.4, -0.2) is 10.4 Å². The maximum atomic E-state index is 11.0. The highest BCUT2D eigenvalue weighted by Crippen LogP contribution is 2.22. The van der Waals surface area contributed by atoms with Crippen molar-refractivity contribution in [3.05, 3.63) is 36.0 Å². The van der Waals surface area contributed by atoms with Gasteiger partial charge in [0.05, 0.1) is 0 Å². The predicted molar refractivity (Wildman–Crippen MR) is 66.6 cm³/mol. The summed E-state index contributed by atoms with van der Waals surface area (Å²) in [6, 6.07) is 8.38. The number of ketones is 1. The SMILES string of the molecule is CCn1cc(CCC(C)=O)c2ccccc21. The van der Waals surface area contributed by atoms with Crippen LogP contribution in [0, 0.1) is 0 Å². The van der Waals surface area contributed by atoms with Crippen LogP contribution in [0.25, 0.3) is 10.9 Å². The number of nitrogens with zero attached hydrogens (tertiary/aromatic N) is 1. The van der Waals surface area contributed by atoms with Gasteiger partial charge < -0.3 is 9.36 Å². The van der Waals surface area contributed by atoms with Crippen molar-refractivity contribution in [2.75, 3.05) is 0 Å². The quantitative estimate of drug-likeness (QED) is 0.767. The number of aryl methyl sites for hydroxylation is 2. The molecule has 0 aliphatic rings. The lowest BCUT2D eigenvalue weighted by Gasteiger charge is -1.98. The van der Waals surface area contributed by atoms with Gasteiger partial charge in [0.15, 0.2) is 0 Å². The summed E-state index contributed by atoms with van der Waals surface area (Å²) in [6.45, 7) is 4.76. The molecule has 0 bridgehead atoms. The lowest BCUT2D eigenvalue weighted by Crippen LogP contribution is -1.93. The van der Waals surface area contributed by atoms with Crippen molar-refractivity contribution in [3.63, 3.8) is 0 Å². The van der Waals surface area contributed by atoms with Crippen molar-refractivity contribution in [3.8, 4) is 0 Å². The molecule has 0 unspecified atom stereocenters. The van der Waals surface area contributed by atoms with Gasteiger partial charge in [-0.1, -0.05) is 18.2 Å². The van der Waals surface area contributed by atoms with Crippen molar-refractivity contribution < 1.29 is 4.79 Å². The minimum Gasteiger partial charge on any atom is -0.347 e. The van der Waals surface area contributed by atoms with Crippen LogP contribution in [0.1, 0.15) is 25.8 Å². The van der Waals surface area contributed by atoms with Gasteiger partial charge in [0.25, 0.3) is 0 Å². The van der Waals surface area contributed by atoms with Crippen molar-refractivity contribution >= 4 is 16.7 Å². The Morgan fingerprint density at radius 3 is 2.75 bits per heavy atom. The van der Waals surface area contributed by atoms with E-state index in [0.717, 1.165) is 13.0 Å². The molecule has 2 heteroatoms. The van der Waals surface area contributed by atoms with Crippen molar-refractivity contribution in [2.24, 2.45) is 0 Å². The molecule has 0 saturated heterocycles. The highest BCUT2D eigenvalue weighted by Gasteiger charge is 2.07. The third-order valence-electron chi connectivity index (χ3n) is 2.96. The van der Waals surface area contributed by atoms with Gasteiger partial charge in [-0.2, -0.15) is 0 Å². The number of aromatic nitrogens is 1. The summed E-state index contributed by atoms with van der Waals surface area (Å²) >= 11 is 0. The van der Waals surface area contributed by atoms with E-state index in [1.165, 1.54) is 16.5 Å². The summed E-state index contributed by atoms with van der Waals surface area (Å²) in [6.07, 6.45) is 3.66. The van der Waals surface area contributed by atoms with E-state index in [-0.39, 0.29) is 5.78 Å². The molecular formula is C14H17NO. The Kier molecular flexibility index (Phi) is 3.09. The predicted octanol–water partition coefficient (Wildman–Crippen LogP) is 3.18. The van der Waals surface area contributed by atoms with Gasteiger partial charge in [-0.25, -0.2) is 0 Å². The molecule has 16 heavy (non-hydrogen) atoms. The molecule has 0 fully saturated rings. The molecule has 0 radical (unpaired) electrons. The summed E-state index contributed by atoms with van der Waals surface area (Å²) in [4.78, 5) is 11.0. The van der Waals surface area contributed by atoms with Crippen LogP contribution < -0.4 is 0 Å². The molecule has 1 heterocycles. The molecule has 84 valence electrons. The third-order valence-corrected chi connectivity index (χ3v) is 2.96. The Labute approximate surface area is 95.9 Å².